The highest BCUT2D eigenvalue weighted by Crippen LogP contribution is 2.36. The van der Waals surface area contributed by atoms with Gasteiger partial charge in [0.25, 0.3) is 0 Å². The molecule has 90 valence electrons. The van der Waals surface area contributed by atoms with Crippen LogP contribution in [-0.4, -0.2) is 19.4 Å². The Balaban J connectivity index is 3.80. The van der Waals surface area contributed by atoms with E-state index in [-0.39, 0.29) is 0 Å². The average molecular weight is 340 g/mol. The Hall–Kier alpha value is 0.647. The van der Waals surface area contributed by atoms with Gasteiger partial charge in [0.15, 0.2) is 8.32 Å². The second-order valence-corrected chi connectivity index (χ2v) is 11.3. The Morgan fingerprint density at radius 3 is 2.27 bits per heavy atom. The van der Waals surface area contributed by atoms with Crippen molar-refractivity contribution >= 4 is 30.9 Å². The lowest BCUT2D eigenvalue weighted by atomic mass is 10.2. The fraction of sp³-hybridized carbons (Fsp3) is 0.833. The molecule has 0 heterocycles. The lowest BCUT2D eigenvalue weighted by molar-refractivity contribution is 0.327. The van der Waals surface area contributed by atoms with Crippen LogP contribution in [0.1, 0.15) is 33.6 Å². The van der Waals surface area contributed by atoms with E-state index in [0.717, 1.165) is 6.61 Å². The van der Waals surface area contributed by atoms with E-state index in [2.05, 4.69) is 68.6 Å². The third-order valence-electron chi connectivity index (χ3n) is 3.02. The van der Waals surface area contributed by atoms with Crippen LogP contribution in [0.3, 0.4) is 0 Å². The topological polar surface area (TPSA) is 9.23 Å². The van der Waals surface area contributed by atoms with Crippen molar-refractivity contribution in [2.24, 2.45) is 0 Å². The highest BCUT2D eigenvalue weighted by atomic mass is 127. The summed E-state index contributed by atoms with van der Waals surface area (Å²) in [6.45, 7) is 12.2. The third-order valence-corrected chi connectivity index (χ3v) is 8.28. The standard InChI is InChI=1S/C12H25IOSi/c1-12(2,3)15(4,5)14-11-9-7-6-8-10-13/h7,9H,6,8,10-11H2,1-5H3/b9-7-. The van der Waals surface area contributed by atoms with Crippen LogP contribution in [0, 0.1) is 0 Å². The van der Waals surface area contributed by atoms with Gasteiger partial charge in [0, 0.05) is 0 Å². The van der Waals surface area contributed by atoms with Gasteiger partial charge in [-0.1, -0.05) is 55.5 Å². The summed E-state index contributed by atoms with van der Waals surface area (Å²) >= 11 is 2.41. The van der Waals surface area contributed by atoms with Gasteiger partial charge in [-0.3, -0.25) is 0 Å². The molecule has 0 fully saturated rings. The van der Waals surface area contributed by atoms with Crippen LogP contribution in [-0.2, 0) is 4.43 Å². The number of halogens is 1. The van der Waals surface area contributed by atoms with Crippen molar-refractivity contribution in [2.45, 2.75) is 51.7 Å². The summed E-state index contributed by atoms with van der Waals surface area (Å²) in [5.41, 5.74) is 0. The van der Waals surface area contributed by atoms with E-state index >= 15 is 0 Å². The first-order valence-electron chi connectivity index (χ1n) is 5.66. The number of unbranched alkanes of at least 4 members (excludes halogenated alkanes) is 1. The molecular formula is C12H25IOSi. The van der Waals surface area contributed by atoms with E-state index in [0.29, 0.717) is 5.04 Å². The fourth-order valence-electron chi connectivity index (χ4n) is 0.854. The molecule has 3 heteroatoms. The zero-order valence-electron chi connectivity index (χ0n) is 10.8. The van der Waals surface area contributed by atoms with E-state index in [1.165, 1.54) is 17.3 Å². The highest BCUT2D eigenvalue weighted by molar-refractivity contribution is 14.1. The van der Waals surface area contributed by atoms with Gasteiger partial charge in [0.1, 0.15) is 0 Å². The summed E-state index contributed by atoms with van der Waals surface area (Å²) in [5, 5.41) is 0.322. The summed E-state index contributed by atoms with van der Waals surface area (Å²) in [7, 11) is -1.53. The smallest absolute Gasteiger partial charge is 0.192 e. The number of hydrogen-bond acceptors (Lipinski definition) is 1. The first-order valence-corrected chi connectivity index (χ1v) is 10.1. The monoisotopic (exact) mass is 340 g/mol. The van der Waals surface area contributed by atoms with Crippen LogP contribution in [0.5, 0.6) is 0 Å². The Labute approximate surface area is 110 Å². The Morgan fingerprint density at radius 2 is 1.80 bits per heavy atom. The second kappa shape index (κ2) is 7.07. The first-order chi connectivity index (χ1) is 6.81. The summed E-state index contributed by atoms with van der Waals surface area (Å²) in [6.07, 6.45) is 6.87. The molecule has 0 radical (unpaired) electrons. The minimum absolute atomic E-state index is 0.322. The molecule has 0 aliphatic heterocycles. The number of allylic oxidation sites excluding steroid dienone is 1. The van der Waals surface area contributed by atoms with Gasteiger partial charge in [0.2, 0.25) is 0 Å². The van der Waals surface area contributed by atoms with Gasteiger partial charge in [-0.2, -0.15) is 0 Å². The van der Waals surface area contributed by atoms with Crippen molar-refractivity contribution in [3.8, 4) is 0 Å². The number of alkyl halides is 1. The molecule has 0 N–H and O–H groups in total. The van der Waals surface area contributed by atoms with Crippen molar-refractivity contribution in [1.29, 1.82) is 0 Å². The molecule has 0 atom stereocenters. The van der Waals surface area contributed by atoms with Crippen LogP contribution in [0.2, 0.25) is 18.1 Å². The minimum atomic E-state index is -1.53. The maximum absolute atomic E-state index is 6.02. The normalized spacial score (nSPS) is 13.7. The Morgan fingerprint density at radius 1 is 1.20 bits per heavy atom. The Kier molecular flexibility index (Phi) is 7.37. The molecular weight excluding hydrogens is 315 g/mol. The zero-order valence-corrected chi connectivity index (χ0v) is 13.9. The molecule has 0 aromatic heterocycles. The van der Waals surface area contributed by atoms with E-state index in [4.69, 9.17) is 4.43 Å². The number of hydrogen-bond donors (Lipinski definition) is 0. The Bertz CT molecular complexity index is 194. The SMILES string of the molecule is CC(C)(C)[Si](C)(C)OC/C=C\CCCI. The predicted octanol–water partition coefficient (Wildman–Crippen LogP) is 4.78. The zero-order chi connectivity index (χ0) is 11.9. The largest absolute Gasteiger partial charge is 0.413 e. The van der Waals surface area contributed by atoms with Gasteiger partial charge in [0.05, 0.1) is 6.61 Å². The van der Waals surface area contributed by atoms with Crippen LogP contribution < -0.4 is 0 Å². The van der Waals surface area contributed by atoms with E-state index in [1.54, 1.807) is 0 Å². The molecule has 0 bridgehead atoms. The molecule has 0 aliphatic carbocycles. The van der Waals surface area contributed by atoms with Crippen molar-refractivity contribution in [2.75, 3.05) is 11.0 Å². The third kappa shape index (κ3) is 6.74. The van der Waals surface area contributed by atoms with Gasteiger partial charge in [-0.05, 0) is 35.4 Å². The van der Waals surface area contributed by atoms with Crippen LogP contribution in [0.25, 0.3) is 0 Å². The number of rotatable bonds is 6. The van der Waals surface area contributed by atoms with Gasteiger partial charge in [-0.15, -0.1) is 0 Å². The lowest BCUT2D eigenvalue weighted by Crippen LogP contribution is -2.40. The fourth-order valence-corrected chi connectivity index (χ4v) is 2.24. The van der Waals surface area contributed by atoms with E-state index in [1.807, 2.05) is 0 Å². The summed E-state index contributed by atoms with van der Waals surface area (Å²) in [5.74, 6) is 0. The van der Waals surface area contributed by atoms with Gasteiger partial charge in [-0.25, -0.2) is 0 Å². The van der Waals surface area contributed by atoms with Crippen molar-refractivity contribution in [3.05, 3.63) is 12.2 Å². The molecule has 1 nitrogen and oxygen atoms in total. The maximum Gasteiger partial charge on any atom is 0.192 e. The van der Waals surface area contributed by atoms with E-state index < -0.39 is 8.32 Å². The summed E-state index contributed by atoms with van der Waals surface area (Å²) in [4.78, 5) is 0. The second-order valence-electron chi connectivity index (χ2n) is 5.37. The highest BCUT2D eigenvalue weighted by Gasteiger charge is 2.36. The molecule has 0 saturated heterocycles. The minimum Gasteiger partial charge on any atom is -0.413 e. The van der Waals surface area contributed by atoms with Crippen LogP contribution in [0.4, 0.5) is 0 Å². The molecule has 0 amide bonds. The average Bonchev–Trinajstić information content (AvgIpc) is 2.09. The lowest BCUT2D eigenvalue weighted by Gasteiger charge is -2.35. The van der Waals surface area contributed by atoms with Gasteiger partial charge >= 0.3 is 0 Å². The molecule has 0 unspecified atom stereocenters. The summed E-state index contributed by atoms with van der Waals surface area (Å²) < 4.78 is 7.27. The molecule has 0 rings (SSSR count). The van der Waals surface area contributed by atoms with Crippen molar-refractivity contribution in [1.82, 2.24) is 0 Å². The molecule has 0 aromatic carbocycles. The van der Waals surface area contributed by atoms with E-state index in [9.17, 15) is 0 Å². The van der Waals surface area contributed by atoms with Crippen LogP contribution >= 0.6 is 22.6 Å². The molecule has 0 aromatic rings. The van der Waals surface area contributed by atoms with Crippen molar-refractivity contribution < 1.29 is 4.43 Å². The summed E-state index contributed by atoms with van der Waals surface area (Å²) in [6, 6.07) is 0. The van der Waals surface area contributed by atoms with Crippen molar-refractivity contribution in [3.63, 3.8) is 0 Å². The molecule has 0 aliphatic rings. The molecule has 15 heavy (non-hydrogen) atoms. The predicted molar refractivity (Wildman–Crippen MR) is 80.4 cm³/mol. The quantitative estimate of drug-likeness (QED) is 0.222. The first kappa shape index (κ1) is 15.6. The van der Waals surface area contributed by atoms with Crippen LogP contribution in [0.15, 0.2) is 12.2 Å². The maximum atomic E-state index is 6.02. The molecule has 0 saturated carbocycles. The van der Waals surface area contributed by atoms with Gasteiger partial charge < -0.3 is 4.43 Å². The molecule has 0 spiro atoms.